The number of alkyl carbamates (subject to hydrolysis) is 1. The Morgan fingerprint density at radius 1 is 1.00 bits per heavy atom. The molecule has 204 valence electrons. The molecule has 5 aliphatic carbocycles. The maximum atomic E-state index is 12.6. The summed E-state index contributed by atoms with van der Waals surface area (Å²) < 4.78 is 5.96. The van der Waals surface area contributed by atoms with Gasteiger partial charge in [0.2, 0.25) is 0 Å². The lowest BCUT2D eigenvalue weighted by atomic mass is 9.43. The lowest BCUT2D eigenvalue weighted by molar-refractivity contribution is -0.207. The van der Waals surface area contributed by atoms with Gasteiger partial charge < -0.3 is 20.5 Å². The van der Waals surface area contributed by atoms with Crippen LogP contribution in [0.1, 0.15) is 90.9 Å². The molecule has 3 N–H and O–H groups in total. The molecule has 37 heavy (non-hydrogen) atoms. The van der Waals surface area contributed by atoms with Gasteiger partial charge >= 0.3 is 6.09 Å². The summed E-state index contributed by atoms with van der Waals surface area (Å²) in [6.45, 7) is 6.73. The molecule has 2 unspecified atom stereocenters. The maximum Gasteiger partial charge on any atom is 0.407 e. The van der Waals surface area contributed by atoms with Crippen LogP contribution in [0.25, 0.3) is 0 Å². The molecule has 6 rings (SSSR count). The first-order chi connectivity index (χ1) is 17.7. The molecule has 4 saturated carbocycles. The van der Waals surface area contributed by atoms with Crippen LogP contribution in [0.3, 0.4) is 0 Å². The summed E-state index contributed by atoms with van der Waals surface area (Å²) in [6.07, 6.45) is 17.4. The number of aliphatic hydroxyl groups is 1. The SMILES string of the molecule is C[C@]12CC[C@H](OC(=O)NC3CCNCC3)C[C@H]1CCC1C2CC[C@]2(C)[C@@H](C3=CCC(=O)C=C3)CC[C@]12O. The van der Waals surface area contributed by atoms with Crippen LogP contribution in [0, 0.1) is 34.5 Å². The Hall–Kier alpha value is -1.66. The lowest BCUT2D eigenvalue weighted by Gasteiger charge is -2.63. The molecule has 6 nitrogen and oxygen atoms in total. The Bertz CT molecular complexity index is 986. The summed E-state index contributed by atoms with van der Waals surface area (Å²) in [5.74, 6) is 1.95. The molecule has 1 saturated heterocycles. The summed E-state index contributed by atoms with van der Waals surface area (Å²) >= 11 is 0. The Balaban J connectivity index is 1.13. The zero-order chi connectivity index (χ0) is 25.8. The smallest absolute Gasteiger partial charge is 0.407 e. The summed E-state index contributed by atoms with van der Waals surface area (Å²) in [5, 5.41) is 18.9. The zero-order valence-corrected chi connectivity index (χ0v) is 22.8. The molecule has 0 aromatic rings. The first kappa shape index (κ1) is 25.6. The normalized spacial score (nSPS) is 45.9. The molecule has 0 aromatic heterocycles. The third kappa shape index (κ3) is 4.21. The van der Waals surface area contributed by atoms with E-state index in [2.05, 4.69) is 30.6 Å². The predicted molar refractivity (Wildman–Crippen MR) is 143 cm³/mol. The van der Waals surface area contributed by atoms with Gasteiger partial charge in [0, 0.05) is 17.9 Å². The van der Waals surface area contributed by atoms with E-state index < -0.39 is 5.60 Å². The number of carbonyl (C=O) groups excluding carboxylic acids is 2. The van der Waals surface area contributed by atoms with Gasteiger partial charge in [-0.15, -0.1) is 0 Å². The van der Waals surface area contributed by atoms with Crippen LogP contribution in [-0.4, -0.2) is 47.8 Å². The van der Waals surface area contributed by atoms with Gasteiger partial charge in [0.15, 0.2) is 5.78 Å². The fourth-order valence-electron chi connectivity index (χ4n) is 9.95. The van der Waals surface area contributed by atoms with Crippen molar-refractivity contribution in [1.29, 1.82) is 0 Å². The number of allylic oxidation sites excluding steroid dienone is 4. The van der Waals surface area contributed by atoms with Gasteiger partial charge in [0.25, 0.3) is 0 Å². The molecule has 1 amide bonds. The summed E-state index contributed by atoms with van der Waals surface area (Å²) in [4.78, 5) is 24.4. The highest BCUT2D eigenvalue weighted by Crippen LogP contribution is 2.70. The molecular weight excluding hydrogens is 464 g/mol. The minimum absolute atomic E-state index is 0.0110. The predicted octanol–water partition coefficient (Wildman–Crippen LogP) is 5.06. The van der Waals surface area contributed by atoms with Gasteiger partial charge in [0.1, 0.15) is 6.10 Å². The van der Waals surface area contributed by atoms with Gasteiger partial charge in [-0.1, -0.05) is 26.0 Å². The third-order valence-corrected chi connectivity index (χ3v) is 12.1. The summed E-state index contributed by atoms with van der Waals surface area (Å²) in [5.41, 5.74) is 0.727. The van der Waals surface area contributed by atoms with E-state index >= 15 is 0 Å². The van der Waals surface area contributed by atoms with Crippen molar-refractivity contribution in [3.8, 4) is 0 Å². The average Bonchev–Trinajstić information content (AvgIpc) is 3.16. The van der Waals surface area contributed by atoms with Gasteiger partial charge in [-0.2, -0.15) is 0 Å². The topological polar surface area (TPSA) is 87.7 Å². The Morgan fingerprint density at radius 3 is 2.57 bits per heavy atom. The van der Waals surface area contributed by atoms with E-state index in [1.807, 2.05) is 6.08 Å². The number of rotatable bonds is 3. The maximum absolute atomic E-state index is 12.6. The first-order valence-electron chi connectivity index (χ1n) is 15.0. The minimum atomic E-state index is -0.632. The largest absolute Gasteiger partial charge is 0.446 e. The Kier molecular flexibility index (Phi) is 6.59. The van der Waals surface area contributed by atoms with Crippen LogP contribution in [0.5, 0.6) is 0 Å². The average molecular weight is 511 g/mol. The van der Waals surface area contributed by atoms with Gasteiger partial charge in [-0.05, 0) is 124 Å². The van der Waals surface area contributed by atoms with Crippen molar-refractivity contribution in [2.75, 3.05) is 13.1 Å². The van der Waals surface area contributed by atoms with Crippen LogP contribution in [0.2, 0.25) is 0 Å². The second kappa shape index (κ2) is 9.51. The first-order valence-corrected chi connectivity index (χ1v) is 15.0. The molecule has 0 aromatic carbocycles. The monoisotopic (exact) mass is 510 g/mol. The van der Waals surface area contributed by atoms with E-state index in [0.717, 1.165) is 77.3 Å². The molecule has 8 atom stereocenters. The fourth-order valence-corrected chi connectivity index (χ4v) is 9.95. The van der Waals surface area contributed by atoms with E-state index in [9.17, 15) is 14.7 Å². The molecule has 5 fully saturated rings. The number of amides is 1. The number of ketones is 1. The molecule has 0 bridgehead atoms. The van der Waals surface area contributed by atoms with E-state index in [1.54, 1.807) is 6.08 Å². The highest BCUT2D eigenvalue weighted by atomic mass is 16.6. The fraction of sp³-hybridized carbons (Fsp3) is 0.806. The summed E-state index contributed by atoms with van der Waals surface area (Å²) in [6, 6.07) is 0.228. The number of hydrogen-bond donors (Lipinski definition) is 3. The quantitative estimate of drug-likeness (QED) is 0.494. The second-order valence-electron chi connectivity index (χ2n) is 13.6. The van der Waals surface area contributed by atoms with Crippen molar-refractivity contribution >= 4 is 11.9 Å². The standard InChI is InChI=1S/C31H46N2O4/c1-29-14-9-24(37-28(35)33-22-12-17-32-18-13-22)19-21(29)5-8-27-26(29)10-15-30(2)25(11-16-31(27,30)36)20-3-6-23(34)7-4-20/h3-4,6,21-22,24-27,32,36H,5,7-19H2,1-2H3,(H,33,35)/t21-,24+,25-,26?,27?,29+,30-,31+/m1/s1. The van der Waals surface area contributed by atoms with E-state index in [-0.39, 0.29) is 34.9 Å². The molecule has 0 radical (unpaired) electrons. The van der Waals surface area contributed by atoms with Crippen LogP contribution in [0.15, 0.2) is 23.8 Å². The molecule has 0 spiro atoms. The van der Waals surface area contributed by atoms with Crippen molar-refractivity contribution in [2.24, 2.45) is 34.5 Å². The highest BCUT2D eigenvalue weighted by Gasteiger charge is 2.67. The van der Waals surface area contributed by atoms with Crippen LogP contribution < -0.4 is 10.6 Å². The van der Waals surface area contributed by atoms with Crippen LogP contribution in [0.4, 0.5) is 4.79 Å². The van der Waals surface area contributed by atoms with Gasteiger partial charge in [-0.3, -0.25) is 4.79 Å². The Morgan fingerprint density at radius 2 is 1.81 bits per heavy atom. The van der Waals surface area contributed by atoms with Crippen LogP contribution in [-0.2, 0) is 9.53 Å². The number of nitrogens with one attached hydrogen (secondary N) is 2. The molecular formula is C31H46N2O4. The van der Waals surface area contributed by atoms with Crippen molar-refractivity contribution < 1.29 is 19.4 Å². The number of piperidine rings is 1. The molecule has 6 aliphatic rings. The van der Waals surface area contributed by atoms with E-state index in [1.165, 1.54) is 12.0 Å². The zero-order valence-electron chi connectivity index (χ0n) is 22.8. The highest BCUT2D eigenvalue weighted by molar-refractivity contribution is 5.92. The number of ether oxygens (including phenoxy) is 1. The van der Waals surface area contributed by atoms with E-state index in [0.29, 0.717) is 30.1 Å². The lowest BCUT2D eigenvalue weighted by Crippen LogP contribution is -2.62. The third-order valence-electron chi connectivity index (χ3n) is 12.1. The van der Waals surface area contributed by atoms with Crippen LogP contribution >= 0.6 is 0 Å². The van der Waals surface area contributed by atoms with Crippen molar-refractivity contribution in [3.63, 3.8) is 0 Å². The van der Waals surface area contributed by atoms with Gasteiger partial charge in [0.05, 0.1) is 5.60 Å². The number of fused-ring (bicyclic) bond motifs is 5. The molecule has 1 heterocycles. The minimum Gasteiger partial charge on any atom is -0.446 e. The number of carbonyl (C=O) groups is 2. The number of hydrogen-bond acceptors (Lipinski definition) is 5. The van der Waals surface area contributed by atoms with E-state index in [4.69, 9.17) is 4.74 Å². The Labute approximate surface area is 222 Å². The van der Waals surface area contributed by atoms with Crippen molar-refractivity contribution in [3.05, 3.63) is 23.8 Å². The second-order valence-corrected chi connectivity index (χ2v) is 13.6. The summed E-state index contributed by atoms with van der Waals surface area (Å²) in [7, 11) is 0. The van der Waals surface area contributed by atoms with Gasteiger partial charge in [-0.25, -0.2) is 4.79 Å². The van der Waals surface area contributed by atoms with Crippen molar-refractivity contribution in [1.82, 2.24) is 10.6 Å². The van der Waals surface area contributed by atoms with Crippen molar-refractivity contribution in [2.45, 2.75) is 109 Å². The molecule has 1 aliphatic heterocycles. The molecule has 6 heteroatoms.